The molecular formula is C11H26N4O2S. The second kappa shape index (κ2) is 6.81. The highest BCUT2D eigenvalue weighted by atomic mass is 32.2. The fraction of sp³-hybridized carbons (Fsp3) is 1.00. The molecule has 0 aromatic rings. The summed E-state index contributed by atoms with van der Waals surface area (Å²) < 4.78 is 27.9. The molecule has 1 saturated heterocycles. The van der Waals surface area contributed by atoms with E-state index in [-0.39, 0.29) is 6.04 Å². The van der Waals surface area contributed by atoms with Gasteiger partial charge in [0.05, 0.1) is 0 Å². The fourth-order valence-electron chi connectivity index (χ4n) is 2.15. The first-order chi connectivity index (χ1) is 8.39. The first-order valence-electron chi connectivity index (χ1n) is 6.47. The third-order valence-corrected chi connectivity index (χ3v) is 5.44. The number of likely N-dealkylation sites (N-methyl/N-ethyl adjacent to an activating group) is 2. The van der Waals surface area contributed by atoms with Crippen molar-refractivity contribution in [3.8, 4) is 0 Å². The summed E-state index contributed by atoms with van der Waals surface area (Å²) >= 11 is 0. The molecule has 1 heterocycles. The molecule has 1 atom stereocenters. The minimum absolute atomic E-state index is 0.0365. The third-order valence-electron chi connectivity index (χ3n) is 3.40. The molecule has 0 aromatic heterocycles. The lowest BCUT2D eigenvalue weighted by Crippen LogP contribution is -2.52. The van der Waals surface area contributed by atoms with Gasteiger partial charge in [0.1, 0.15) is 0 Å². The summed E-state index contributed by atoms with van der Waals surface area (Å²) in [6.07, 6.45) is 2.86. The van der Waals surface area contributed by atoms with Crippen LogP contribution in [0.2, 0.25) is 0 Å². The van der Waals surface area contributed by atoms with E-state index < -0.39 is 10.2 Å². The number of nitrogens with zero attached hydrogens (tertiary/aromatic N) is 3. The quantitative estimate of drug-likeness (QED) is 0.714. The van der Waals surface area contributed by atoms with Crippen LogP contribution in [-0.4, -0.2) is 75.3 Å². The van der Waals surface area contributed by atoms with Crippen molar-refractivity contribution in [3.63, 3.8) is 0 Å². The summed E-state index contributed by atoms with van der Waals surface area (Å²) in [5.41, 5.74) is 5.68. The Kier molecular flexibility index (Phi) is 6.00. The van der Waals surface area contributed by atoms with Crippen molar-refractivity contribution in [1.82, 2.24) is 13.5 Å². The average molecular weight is 278 g/mol. The van der Waals surface area contributed by atoms with Crippen LogP contribution in [-0.2, 0) is 10.2 Å². The summed E-state index contributed by atoms with van der Waals surface area (Å²) in [6, 6.07) is -0.0365. The maximum absolute atomic E-state index is 12.4. The van der Waals surface area contributed by atoms with E-state index in [1.165, 1.54) is 4.31 Å². The maximum Gasteiger partial charge on any atom is 0.282 e. The van der Waals surface area contributed by atoms with Crippen LogP contribution in [0.15, 0.2) is 0 Å². The summed E-state index contributed by atoms with van der Waals surface area (Å²) in [4.78, 5) is 1.97. The van der Waals surface area contributed by atoms with Crippen molar-refractivity contribution in [1.29, 1.82) is 0 Å². The van der Waals surface area contributed by atoms with Gasteiger partial charge in [-0.25, -0.2) is 0 Å². The van der Waals surface area contributed by atoms with E-state index in [0.717, 1.165) is 25.8 Å². The van der Waals surface area contributed by atoms with Crippen LogP contribution in [0.1, 0.15) is 19.3 Å². The van der Waals surface area contributed by atoms with Gasteiger partial charge in [0.15, 0.2) is 0 Å². The van der Waals surface area contributed by atoms with Gasteiger partial charge in [-0.3, -0.25) is 0 Å². The number of rotatable bonds is 6. The van der Waals surface area contributed by atoms with Gasteiger partial charge in [-0.05, 0) is 26.9 Å². The van der Waals surface area contributed by atoms with E-state index in [4.69, 9.17) is 5.73 Å². The van der Waals surface area contributed by atoms with E-state index in [9.17, 15) is 8.42 Å². The molecule has 0 amide bonds. The molecule has 1 fully saturated rings. The third kappa shape index (κ3) is 3.89. The molecule has 0 radical (unpaired) electrons. The highest BCUT2D eigenvalue weighted by molar-refractivity contribution is 7.86. The van der Waals surface area contributed by atoms with Gasteiger partial charge in [-0.15, -0.1) is 0 Å². The van der Waals surface area contributed by atoms with E-state index in [1.807, 2.05) is 19.0 Å². The van der Waals surface area contributed by atoms with Crippen molar-refractivity contribution < 1.29 is 8.42 Å². The number of nitrogens with two attached hydrogens (primary N) is 1. The van der Waals surface area contributed by atoms with E-state index >= 15 is 0 Å². The molecule has 1 aliphatic rings. The van der Waals surface area contributed by atoms with Gasteiger partial charge in [-0.1, -0.05) is 6.42 Å². The van der Waals surface area contributed by atoms with Crippen molar-refractivity contribution in [2.24, 2.45) is 5.73 Å². The van der Waals surface area contributed by atoms with Gasteiger partial charge in [0.25, 0.3) is 10.2 Å². The molecule has 0 bridgehead atoms. The van der Waals surface area contributed by atoms with Crippen LogP contribution in [0, 0.1) is 0 Å². The van der Waals surface area contributed by atoms with Crippen LogP contribution >= 0.6 is 0 Å². The molecule has 6 nitrogen and oxygen atoms in total. The Morgan fingerprint density at radius 1 is 1.22 bits per heavy atom. The van der Waals surface area contributed by atoms with Crippen molar-refractivity contribution in [2.75, 3.05) is 47.3 Å². The molecule has 0 aromatic carbocycles. The molecular weight excluding hydrogens is 252 g/mol. The molecule has 7 heteroatoms. The first kappa shape index (κ1) is 15.8. The SMILES string of the molecule is CN(C)CCN(C)S(=O)(=O)N1CCCCC1CN. The predicted octanol–water partition coefficient (Wildman–Crippen LogP) is -0.462. The predicted molar refractivity (Wildman–Crippen MR) is 73.5 cm³/mol. The Morgan fingerprint density at radius 2 is 1.89 bits per heavy atom. The zero-order valence-electron chi connectivity index (χ0n) is 11.7. The van der Waals surface area contributed by atoms with Crippen LogP contribution in [0.3, 0.4) is 0 Å². The Hall–Kier alpha value is -0.210. The first-order valence-corrected chi connectivity index (χ1v) is 7.87. The smallest absolute Gasteiger partial charge is 0.282 e. The molecule has 2 N–H and O–H groups in total. The standard InChI is InChI=1S/C11H26N4O2S/c1-13(2)8-9-14(3)18(16,17)15-7-5-4-6-11(15)10-12/h11H,4-10,12H2,1-3H3. The molecule has 1 rings (SSSR count). The number of hydrogen-bond acceptors (Lipinski definition) is 4. The van der Waals surface area contributed by atoms with Crippen LogP contribution in [0.5, 0.6) is 0 Å². The molecule has 1 unspecified atom stereocenters. The highest BCUT2D eigenvalue weighted by Crippen LogP contribution is 2.21. The highest BCUT2D eigenvalue weighted by Gasteiger charge is 2.33. The molecule has 18 heavy (non-hydrogen) atoms. The average Bonchev–Trinajstić information content (AvgIpc) is 2.35. The summed E-state index contributed by atoms with van der Waals surface area (Å²) in [7, 11) is 2.15. The summed E-state index contributed by atoms with van der Waals surface area (Å²) in [5.74, 6) is 0. The normalized spacial score (nSPS) is 22.9. The number of hydrogen-bond donors (Lipinski definition) is 1. The van der Waals surface area contributed by atoms with Crippen LogP contribution < -0.4 is 5.73 Å². The van der Waals surface area contributed by atoms with E-state index in [1.54, 1.807) is 11.4 Å². The monoisotopic (exact) mass is 278 g/mol. The largest absolute Gasteiger partial charge is 0.329 e. The van der Waals surface area contributed by atoms with E-state index in [2.05, 4.69) is 0 Å². The van der Waals surface area contributed by atoms with Gasteiger partial charge < -0.3 is 10.6 Å². The lowest BCUT2D eigenvalue weighted by molar-refractivity contribution is 0.237. The van der Waals surface area contributed by atoms with Gasteiger partial charge >= 0.3 is 0 Å². The zero-order chi connectivity index (χ0) is 13.8. The lowest BCUT2D eigenvalue weighted by atomic mass is 10.1. The zero-order valence-corrected chi connectivity index (χ0v) is 12.5. The molecule has 0 aliphatic carbocycles. The Labute approximate surface area is 111 Å². The fourth-order valence-corrected chi connectivity index (χ4v) is 3.75. The Morgan fingerprint density at radius 3 is 2.44 bits per heavy atom. The van der Waals surface area contributed by atoms with Gasteiger partial charge in [0.2, 0.25) is 0 Å². The molecule has 1 aliphatic heterocycles. The summed E-state index contributed by atoms with van der Waals surface area (Å²) in [5, 5.41) is 0. The molecule has 0 saturated carbocycles. The molecule has 0 spiro atoms. The molecule has 108 valence electrons. The Balaban J connectivity index is 2.71. The van der Waals surface area contributed by atoms with E-state index in [0.29, 0.717) is 19.6 Å². The van der Waals surface area contributed by atoms with Crippen molar-refractivity contribution in [3.05, 3.63) is 0 Å². The van der Waals surface area contributed by atoms with Crippen molar-refractivity contribution in [2.45, 2.75) is 25.3 Å². The second-order valence-corrected chi connectivity index (χ2v) is 7.12. The lowest BCUT2D eigenvalue weighted by Gasteiger charge is -2.36. The van der Waals surface area contributed by atoms with Crippen LogP contribution in [0.4, 0.5) is 0 Å². The topological polar surface area (TPSA) is 69.9 Å². The summed E-state index contributed by atoms with van der Waals surface area (Å²) in [6.45, 7) is 2.22. The van der Waals surface area contributed by atoms with Crippen LogP contribution in [0.25, 0.3) is 0 Å². The second-order valence-electron chi connectivity index (χ2n) is 5.13. The van der Waals surface area contributed by atoms with Crippen molar-refractivity contribution >= 4 is 10.2 Å². The Bertz CT molecular complexity index is 345. The number of piperidine rings is 1. The van der Waals surface area contributed by atoms with Gasteiger partial charge in [-0.2, -0.15) is 17.0 Å². The maximum atomic E-state index is 12.4. The minimum atomic E-state index is -3.36. The minimum Gasteiger partial charge on any atom is -0.329 e. The van der Waals surface area contributed by atoms with Gasteiger partial charge in [0, 0.05) is 39.3 Å².